The first-order valence-corrected chi connectivity index (χ1v) is 9.69. The maximum atomic E-state index is 13.4. The van der Waals surface area contributed by atoms with Crippen molar-refractivity contribution in [2.75, 3.05) is 13.1 Å². The number of hydrogen-bond donors (Lipinski definition) is 0. The molecule has 1 unspecified atom stereocenters. The van der Waals surface area contributed by atoms with Crippen molar-refractivity contribution in [1.29, 1.82) is 0 Å². The number of rotatable bonds is 2. The van der Waals surface area contributed by atoms with Gasteiger partial charge in [0.25, 0.3) is 5.91 Å². The predicted octanol–water partition coefficient (Wildman–Crippen LogP) is 3.03. The van der Waals surface area contributed by atoms with Crippen LogP contribution in [0.25, 0.3) is 5.65 Å². The van der Waals surface area contributed by atoms with Crippen LogP contribution in [0.15, 0.2) is 30.9 Å². The summed E-state index contributed by atoms with van der Waals surface area (Å²) in [5.41, 5.74) is 3.29. The number of likely N-dealkylation sites (tertiary alicyclic amines) is 1. The molecule has 4 rings (SSSR count). The lowest BCUT2D eigenvalue weighted by Gasteiger charge is -2.24. The number of amides is 1. The van der Waals surface area contributed by atoms with Crippen LogP contribution in [-0.2, 0) is 12.5 Å². The molecule has 148 valence electrons. The molecule has 1 saturated heterocycles. The van der Waals surface area contributed by atoms with E-state index in [0.717, 1.165) is 5.69 Å². The van der Waals surface area contributed by atoms with Gasteiger partial charge in [-0.25, -0.2) is 9.50 Å². The molecule has 3 aromatic heterocycles. The third-order valence-corrected chi connectivity index (χ3v) is 5.76. The standard InChI is InChI=1S/C21H28N6O/c1-20(2,3)17-7-8-22-18-15(10-24-27(17)18)19(28)26-12-16(21(4,5)13-26)14-9-23-25(6)11-14/h7-11,16H,12-13H2,1-6H3. The van der Waals surface area contributed by atoms with E-state index >= 15 is 0 Å². The minimum atomic E-state index is -0.0887. The number of carbonyl (C=O) groups is 1. The van der Waals surface area contributed by atoms with Gasteiger partial charge in [-0.1, -0.05) is 34.6 Å². The lowest BCUT2D eigenvalue weighted by atomic mass is 9.79. The van der Waals surface area contributed by atoms with Crippen molar-refractivity contribution in [1.82, 2.24) is 29.3 Å². The molecule has 1 atom stereocenters. The van der Waals surface area contributed by atoms with Crippen LogP contribution in [0.3, 0.4) is 0 Å². The zero-order chi connectivity index (χ0) is 20.3. The normalized spacial score (nSPS) is 19.5. The first-order chi connectivity index (χ1) is 13.1. The van der Waals surface area contributed by atoms with Crippen LogP contribution in [0.2, 0.25) is 0 Å². The summed E-state index contributed by atoms with van der Waals surface area (Å²) in [7, 11) is 1.92. The van der Waals surface area contributed by atoms with Gasteiger partial charge in [0, 0.05) is 43.9 Å². The summed E-state index contributed by atoms with van der Waals surface area (Å²) in [6.45, 7) is 12.2. The van der Waals surface area contributed by atoms with Crippen LogP contribution in [-0.4, -0.2) is 48.3 Å². The number of nitrogens with zero attached hydrogens (tertiary/aromatic N) is 6. The van der Waals surface area contributed by atoms with E-state index in [1.54, 1.807) is 16.9 Å². The average Bonchev–Trinajstić information content (AvgIpc) is 3.29. The van der Waals surface area contributed by atoms with Gasteiger partial charge < -0.3 is 4.90 Å². The minimum Gasteiger partial charge on any atom is -0.337 e. The summed E-state index contributed by atoms with van der Waals surface area (Å²) in [5, 5.41) is 8.80. The Morgan fingerprint density at radius 3 is 2.61 bits per heavy atom. The third kappa shape index (κ3) is 2.99. The number of fused-ring (bicyclic) bond motifs is 1. The van der Waals surface area contributed by atoms with E-state index in [0.29, 0.717) is 24.3 Å². The average molecular weight is 380 g/mol. The van der Waals surface area contributed by atoms with Gasteiger partial charge in [-0.15, -0.1) is 0 Å². The summed E-state index contributed by atoms with van der Waals surface area (Å²) in [5.74, 6) is 0.248. The summed E-state index contributed by atoms with van der Waals surface area (Å²) in [6, 6.07) is 1.96. The highest BCUT2D eigenvalue weighted by Crippen LogP contribution is 2.42. The van der Waals surface area contributed by atoms with Crippen molar-refractivity contribution < 1.29 is 4.79 Å². The van der Waals surface area contributed by atoms with Gasteiger partial charge in [-0.3, -0.25) is 9.48 Å². The van der Waals surface area contributed by atoms with Gasteiger partial charge in [-0.2, -0.15) is 10.2 Å². The van der Waals surface area contributed by atoms with E-state index < -0.39 is 0 Å². The van der Waals surface area contributed by atoms with Crippen LogP contribution in [0, 0.1) is 5.41 Å². The Balaban J connectivity index is 1.67. The second kappa shape index (κ2) is 6.15. The molecule has 0 aromatic carbocycles. The molecule has 0 radical (unpaired) electrons. The highest BCUT2D eigenvalue weighted by Gasteiger charge is 2.43. The SMILES string of the molecule is Cn1cc(C2CN(C(=O)c3cnn4c(C(C)(C)C)ccnc34)CC2(C)C)cn1. The third-order valence-electron chi connectivity index (χ3n) is 5.76. The molecule has 0 spiro atoms. The zero-order valence-corrected chi connectivity index (χ0v) is 17.5. The largest absolute Gasteiger partial charge is 0.337 e. The molecule has 0 aliphatic carbocycles. The van der Waals surface area contributed by atoms with E-state index in [9.17, 15) is 4.79 Å². The minimum absolute atomic E-state index is 0.00646. The summed E-state index contributed by atoms with van der Waals surface area (Å²) >= 11 is 0. The van der Waals surface area contributed by atoms with E-state index in [2.05, 4.69) is 49.8 Å². The van der Waals surface area contributed by atoms with Crippen molar-refractivity contribution in [2.45, 2.75) is 46.0 Å². The van der Waals surface area contributed by atoms with Crippen molar-refractivity contribution in [3.05, 3.63) is 47.7 Å². The molecule has 4 heterocycles. The fourth-order valence-electron chi connectivity index (χ4n) is 4.25. The molecule has 28 heavy (non-hydrogen) atoms. The first-order valence-electron chi connectivity index (χ1n) is 9.69. The molecule has 0 N–H and O–H groups in total. The van der Waals surface area contributed by atoms with Gasteiger partial charge in [-0.05, 0) is 17.0 Å². The Kier molecular flexibility index (Phi) is 4.10. The van der Waals surface area contributed by atoms with Gasteiger partial charge >= 0.3 is 0 Å². The molecule has 7 heteroatoms. The second-order valence-corrected chi connectivity index (χ2v) is 9.55. The maximum absolute atomic E-state index is 13.4. The monoisotopic (exact) mass is 380 g/mol. The fraction of sp³-hybridized carbons (Fsp3) is 0.524. The summed E-state index contributed by atoms with van der Waals surface area (Å²) in [4.78, 5) is 19.8. The molecule has 3 aromatic rings. The summed E-state index contributed by atoms with van der Waals surface area (Å²) < 4.78 is 3.62. The molecule has 1 amide bonds. The second-order valence-electron chi connectivity index (χ2n) is 9.55. The van der Waals surface area contributed by atoms with Crippen molar-refractivity contribution in [3.8, 4) is 0 Å². The first kappa shape index (κ1) is 18.7. The smallest absolute Gasteiger partial charge is 0.259 e. The van der Waals surface area contributed by atoms with Crippen LogP contribution in [0.5, 0.6) is 0 Å². The molecule has 0 saturated carbocycles. The summed E-state index contributed by atoms with van der Waals surface area (Å²) in [6.07, 6.45) is 7.38. The Morgan fingerprint density at radius 2 is 1.96 bits per heavy atom. The number of aromatic nitrogens is 5. The Morgan fingerprint density at radius 1 is 1.21 bits per heavy atom. The Bertz CT molecular complexity index is 1040. The van der Waals surface area contributed by atoms with Gasteiger partial charge in [0.1, 0.15) is 5.56 Å². The number of carbonyl (C=O) groups excluding carboxylic acids is 1. The fourth-order valence-corrected chi connectivity index (χ4v) is 4.25. The quantitative estimate of drug-likeness (QED) is 0.685. The van der Waals surface area contributed by atoms with Gasteiger partial charge in [0.15, 0.2) is 5.65 Å². The lowest BCUT2D eigenvalue weighted by Crippen LogP contribution is -2.30. The highest BCUT2D eigenvalue weighted by atomic mass is 16.2. The zero-order valence-electron chi connectivity index (χ0n) is 17.5. The number of aryl methyl sites for hydroxylation is 1. The van der Waals surface area contributed by atoms with Crippen molar-refractivity contribution >= 4 is 11.6 Å². The molecule has 7 nitrogen and oxygen atoms in total. The van der Waals surface area contributed by atoms with Crippen molar-refractivity contribution in [2.24, 2.45) is 12.5 Å². The maximum Gasteiger partial charge on any atom is 0.259 e. The van der Waals surface area contributed by atoms with Crippen LogP contribution < -0.4 is 0 Å². The van der Waals surface area contributed by atoms with Crippen LogP contribution >= 0.6 is 0 Å². The Hall–Kier alpha value is -2.70. The van der Waals surface area contributed by atoms with Crippen LogP contribution in [0.1, 0.15) is 62.2 Å². The van der Waals surface area contributed by atoms with Gasteiger partial charge in [0.05, 0.1) is 18.1 Å². The molecule has 0 bridgehead atoms. The topological polar surface area (TPSA) is 68.3 Å². The van der Waals surface area contributed by atoms with E-state index in [1.165, 1.54) is 5.56 Å². The predicted molar refractivity (Wildman–Crippen MR) is 107 cm³/mol. The van der Waals surface area contributed by atoms with E-state index in [1.807, 2.05) is 35.1 Å². The molecular weight excluding hydrogens is 352 g/mol. The van der Waals surface area contributed by atoms with Gasteiger partial charge in [0.2, 0.25) is 0 Å². The van der Waals surface area contributed by atoms with E-state index in [4.69, 9.17) is 0 Å². The molecule has 1 fully saturated rings. The lowest BCUT2D eigenvalue weighted by molar-refractivity contribution is 0.0779. The van der Waals surface area contributed by atoms with Crippen LogP contribution in [0.4, 0.5) is 0 Å². The molecular formula is C21H28N6O. The molecule has 1 aliphatic heterocycles. The Labute approximate surface area is 165 Å². The van der Waals surface area contributed by atoms with E-state index in [-0.39, 0.29) is 22.7 Å². The van der Waals surface area contributed by atoms with Crippen molar-refractivity contribution in [3.63, 3.8) is 0 Å². The molecule has 1 aliphatic rings. The highest BCUT2D eigenvalue weighted by molar-refractivity contribution is 6.00. The number of hydrogen-bond acceptors (Lipinski definition) is 4.